The number of aromatic nitrogens is 1. The molecule has 1 aliphatic rings. The van der Waals surface area contributed by atoms with Gasteiger partial charge in [-0.3, -0.25) is 4.79 Å². The van der Waals surface area contributed by atoms with Gasteiger partial charge in [-0.25, -0.2) is 8.42 Å². The molecule has 2 aromatic rings. The van der Waals surface area contributed by atoms with Crippen molar-refractivity contribution in [3.05, 3.63) is 47.9 Å². The summed E-state index contributed by atoms with van der Waals surface area (Å²) >= 11 is 0. The summed E-state index contributed by atoms with van der Waals surface area (Å²) in [5.41, 5.74) is 7.56. The molecule has 0 unspecified atom stereocenters. The average Bonchev–Trinajstić information content (AvgIpc) is 3.09. The van der Waals surface area contributed by atoms with Gasteiger partial charge in [0.15, 0.2) is 0 Å². The Labute approximate surface area is 158 Å². The third-order valence-electron chi connectivity index (χ3n) is 4.14. The number of sulfonamides is 1. The molecular weight excluding hydrogens is 380 g/mol. The molecule has 1 aliphatic heterocycles. The molecule has 10 heteroatoms. The van der Waals surface area contributed by atoms with E-state index < -0.39 is 10.0 Å². The van der Waals surface area contributed by atoms with Gasteiger partial charge in [-0.2, -0.15) is 4.31 Å². The van der Waals surface area contributed by atoms with E-state index in [9.17, 15) is 13.2 Å². The normalized spacial score (nSPS) is 15.5. The van der Waals surface area contributed by atoms with Crippen LogP contribution in [0.25, 0.3) is 0 Å². The van der Waals surface area contributed by atoms with Crippen LogP contribution in [0, 0.1) is 0 Å². The molecular formula is C16H21ClN4O4S. The highest BCUT2D eigenvalue weighted by Gasteiger charge is 2.29. The van der Waals surface area contributed by atoms with Crippen molar-refractivity contribution in [2.24, 2.45) is 0 Å². The van der Waals surface area contributed by atoms with Crippen LogP contribution in [0.3, 0.4) is 0 Å². The first-order valence-corrected chi connectivity index (χ1v) is 9.54. The molecule has 8 nitrogen and oxygen atoms in total. The SMILES string of the molecule is Cl.Nc1ccc(CC(=O)N2CCN(S(=O)(=O)Cc3ccon3)CC2)cc1. The summed E-state index contributed by atoms with van der Waals surface area (Å²) in [4.78, 5) is 14.1. The van der Waals surface area contributed by atoms with E-state index in [1.165, 1.54) is 16.6 Å². The molecule has 1 saturated heterocycles. The molecule has 2 heterocycles. The summed E-state index contributed by atoms with van der Waals surface area (Å²) in [7, 11) is -3.46. The number of nitrogens with zero attached hydrogens (tertiary/aromatic N) is 3. The molecule has 142 valence electrons. The van der Waals surface area contributed by atoms with E-state index in [4.69, 9.17) is 5.73 Å². The Kier molecular flexibility index (Phi) is 6.63. The lowest BCUT2D eigenvalue weighted by molar-refractivity contribution is -0.131. The molecule has 1 amide bonds. The number of benzene rings is 1. The summed E-state index contributed by atoms with van der Waals surface area (Å²) in [6, 6.07) is 8.70. The summed E-state index contributed by atoms with van der Waals surface area (Å²) in [6.07, 6.45) is 1.63. The summed E-state index contributed by atoms with van der Waals surface area (Å²) < 4.78 is 30.8. The second-order valence-corrected chi connectivity index (χ2v) is 7.91. The van der Waals surface area contributed by atoms with Crippen molar-refractivity contribution in [1.29, 1.82) is 0 Å². The van der Waals surface area contributed by atoms with Crippen LogP contribution in [-0.2, 0) is 27.0 Å². The number of carbonyl (C=O) groups is 1. The summed E-state index contributed by atoms with van der Waals surface area (Å²) in [5.74, 6) is -0.207. The van der Waals surface area contributed by atoms with Crippen molar-refractivity contribution in [1.82, 2.24) is 14.4 Å². The molecule has 0 radical (unpaired) electrons. The number of hydrogen-bond acceptors (Lipinski definition) is 6. The third-order valence-corrected chi connectivity index (χ3v) is 5.95. The number of nitrogens with two attached hydrogens (primary N) is 1. The molecule has 0 atom stereocenters. The number of amides is 1. The molecule has 2 N–H and O–H groups in total. The van der Waals surface area contributed by atoms with Gasteiger partial charge in [0.1, 0.15) is 12.0 Å². The van der Waals surface area contributed by atoms with Gasteiger partial charge < -0.3 is 15.2 Å². The molecule has 0 aliphatic carbocycles. The average molecular weight is 401 g/mol. The summed E-state index contributed by atoms with van der Waals surface area (Å²) in [5, 5.41) is 3.64. The molecule has 1 fully saturated rings. The first-order chi connectivity index (χ1) is 11.9. The molecule has 0 saturated carbocycles. The fourth-order valence-corrected chi connectivity index (χ4v) is 4.15. The van der Waals surface area contributed by atoms with Crippen LogP contribution in [0.15, 0.2) is 41.1 Å². The predicted octanol–water partition coefficient (Wildman–Crippen LogP) is 0.895. The van der Waals surface area contributed by atoms with Crippen LogP contribution in [-0.4, -0.2) is 54.9 Å². The molecule has 1 aromatic heterocycles. The Balaban J connectivity index is 0.00000243. The zero-order valence-electron chi connectivity index (χ0n) is 14.1. The van der Waals surface area contributed by atoms with Crippen LogP contribution in [0.4, 0.5) is 5.69 Å². The first kappa shape index (κ1) is 20.2. The van der Waals surface area contributed by atoms with Gasteiger partial charge in [-0.1, -0.05) is 17.3 Å². The number of anilines is 1. The number of piperazine rings is 1. The van der Waals surface area contributed by atoms with Crippen molar-refractivity contribution in [3.8, 4) is 0 Å². The number of halogens is 1. The van der Waals surface area contributed by atoms with E-state index in [0.29, 0.717) is 24.5 Å². The zero-order valence-corrected chi connectivity index (χ0v) is 15.7. The van der Waals surface area contributed by atoms with Crippen molar-refractivity contribution in [3.63, 3.8) is 0 Å². The Morgan fingerprint density at radius 1 is 1.12 bits per heavy atom. The Morgan fingerprint density at radius 3 is 2.35 bits per heavy atom. The smallest absolute Gasteiger partial charge is 0.227 e. The minimum absolute atomic E-state index is 0. The maximum Gasteiger partial charge on any atom is 0.227 e. The number of rotatable bonds is 5. The van der Waals surface area contributed by atoms with Crippen LogP contribution >= 0.6 is 12.4 Å². The minimum Gasteiger partial charge on any atom is -0.399 e. The van der Waals surface area contributed by atoms with E-state index in [2.05, 4.69) is 9.68 Å². The quantitative estimate of drug-likeness (QED) is 0.746. The van der Waals surface area contributed by atoms with Gasteiger partial charge in [0.05, 0.1) is 12.1 Å². The van der Waals surface area contributed by atoms with E-state index in [0.717, 1.165) is 5.56 Å². The number of nitrogen functional groups attached to an aromatic ring is 1. The Bertz CT molecular complexity index is 816. The lowest BCUT2D eigenvalue weighted by Crippen LogP contribution is -2.51. The maximum atomic E-state index is 12.4. The van der Waals surface area contributed by atoms with Crippen molar-refractivity contribution < 1.29 is 17.7 Å². The first-order valence-electron chi connectivity index (χ1n) is 7.93. The van der Waals surface area contributed by atoms with Gasteiger partial charge in [0.2, 0.25) is 15.9 Å². The van der Waals surface area contributed by atoms with Crippen LogP contribution < -0.4 is 5.73 Å². The fraction of sp³-hybridized carbons (Fsp3) is 0.375. The maximum absolute atomic E-state index is 12.4. The summed E-state index contributed by atoms with van der Waals surface area (Å²) in [6.45, 7) is 1.33. The fourth-order valence-electron chi connectivity index (χ4n) is 2.73. The van der Waals surface area contributed by atoms with E-state index in [-0.39, 0.29) is 43.6 Å². The molecule has 0 spiro atoms. The second kappa shape index (κ2) is 8.52. The van der Waals surface area contributed by atoms with Gasteiger partial charge in [0.25, 0.3) is 0 Å². The Hall–Kier alpha value is -2.10. The predicted molar refractivity (Wildman–Crippen MR) is 99.1 cm³/mol. The largest absolute Gasteiger partial charge is 0.399 e. The van der Waals surface area contributed by atoms with E-state index >= 15 is 0 Å². The molecule has 26 heavy (non-hydrogen) atoms. The van der Waals surface area contributed by atoms with Gasteiger partial charge in [-0.15, -0.1) is 12.4 Å². The van der Waals surface area contributed by atoms with Crippen LogP contribution in [0.1, 0.15) is 11.3 Å². The van der Waals surface area contributed by atoms with E-state index in [1.807, 2.05) is 12.1 Å². The zero-order chi connectivity index (χ0) is 17.9. The van der Waals surface area contributed by atoms with Crippen molar-refractivity contribution >= 4 is 34.0 Å². The highest BCUT2D eigenvalue weighted by atomic mass is 35.5. The standard InChI is InChI=1S/C16H20N4O4S.ClH/c17-14-3-1-13(2-4-14)11-16(21)19-6-8-20(9-7-19)25(22,23)12-15-5-10-24-18-15;/h1-5,10H,6-9,11-12,17H2;1H. The van der Waals surface area contributed by atoms with Crippen LogP contribution in [0.2, 0.25) is 0 Å². The topological polar surface area (TPSA) is 110 Å². The monoisotopic (exact) mass is 400 g/mol. The second-order valence-electron chi connectivity index (χ2n) is 5.95. The highest BCUT2D eigenvalue weighted by molar-refractivity contribution is 7.88. The lowest BCUT2D eigenvalue weighted by atomic mass is 10.1. The van der Waals surface area contributed by atoms with Crippen LogP contribution in [0.5, 0.6) is 0 Å². The van der Waals surface area contributed by atoms with Gasteiger partial charge in [0, 0.05) is 37.9 Å². The van der Waals surface area contributed by atoms with Crippen molar-refractivity contribution in [2.75, 3.05) is 31.9 Å². The van der Waals surface area contributed by atoms with E-state index in [1.54, 1.807) is 17.0 Å². The van der Waals surface area contributed by atoms with Gasteiger partial charge in [-0.05, 0) is 17.7 Å². The lowest BCUT2D eigenvalue weighted by Gasteiger charge is -2.34. The van der Waals surface area contributed by atoms with Gasteiger partial charge >= 0.3 is 0 Å². The van der Waals surface area contributed by atoms with Crippen molar-refractivity contribution in [2.45, 2.75) is 12.2 Å². The molecule has 0 bridgehead atoms. The molecule has 3 rings (SSSR count). The molecule has 1 aromatic carbocycles. The third kappa shape index (κ3) is 4.96. The number of hydrogen-bond donors (Lipinski definition) is 1. The number of carbonyl (C=O) groups excluding carboxylic acids is 1. The highest BCUT2D eigenvalue weighted by Crippen LogP contribution is 2.14. The minimum atomic E-state index is -3.46. The Morgan fingerprint density at radius 2 is 1.77 bits per heavy atom.